The number of aromatic nitrogens is 1. The fourth-order valence-corrected chi connectivity index (χ4v) is 1.47. The van der Waals surface area contributed by atoms with Crippen LogP contribution < -0.4 is 0 Å². The highest BCUT2D eigenvalue weighted by Gasteiger charge is 1.96. The number of aliphatic hydroxyl groups is 1. The van der Waals surface area contributed by atoms with Crippen LogP contribution in [0, 0.1) is 0 Å². The smallest absolute Gasteiger partial charge is 0.0916 e. The lowest BCUT2D eigenvalue weighted by atomic mass is 10.3. The number of hydrogen-bond acceptors (Lipinski definition) is 4. The Labute approximate surface area is 77.8 Å². The SMILES string of the molecule is CS(C)(=O)=Nc1cncc(CO)c1. The van der Waals surface area contributed by atoms with Gasteiger partial charge in [0.2, 0.25) is 0 Å². The van der Waals surface area contributed by atoms with Crippen LogP contribution in [-0.2, 0) is 16.3 Å². The Morgan fingerprint density at radius 3 is 2.77 bits per heavy atom. The Bertz CT molecular complexity index is 400. The molecule has 4 nitrogen and oxygen atoms in total. The van der Waals surface area contributed by atoms with Gasteiger partial charge in [-0.3, -0.25) is 4.98 Å². The van der Waals surface area contributed by atoms with E-state index < -0.39 is 9.73 Å². The average molecular weight is 200 g/mol. The van der Waals surface area contributed by atoms with Gasteiger partial charge >= 0.3 is 0 Å². The molecule has 0 unspecified atom stereocenters. The number of rotatable bonds is 2. The Morgan fingerprint density at radius 2 is 2.23 bits per heavy atom. The second kappa shape index (κ2) is 3.85. The molecule has 0 saturated carbocycles. The Morgan fingerprint density at radius 1 is 1.54 bits per heavy atom. The molecule has 5 heteroatoms. The molecule has 0 aliphatic heterocycles. The van der Waals surface area contributed by atoms with Gasteiger partial charge < -0.3 is 5.11 Å². The van der Waals surface area contributed by atoms with Gasteiger partial charge in [-0.2, -0.15) is 4.36 Å². The Hall–Kier alpha value is -0.940. The van der Waals surface area contributed by atoms with Gasteiger partial charge in [0, 0.05) is 28.4 Å². The first-order chi connectivity index (χ1) is 6.01. The second-order valence-corrected chi connectivity index (χ2v) is 5.53. The second-order valence-electron chi connectivity index (χ2n) is 2.98. The molecule has 0 aromatic carbocycles. The van der Waals surface area contributed by atoms with Crippen LogP contribution in [-0.4, -0.2) is 26.8 Å². The molecular weight excluding hydrogens is 188 g/mol. The standard InChI is InChI=1S/C8H12N2O2S/c1-13(2,12)10-8-3-7(6-11)4-9-5-8/h3-5,11H,6H2,1-2H3. The molecule has 0 spiro atoms. The van der Waals surface area contributed by atoms with E-state index in [4.69, 9.17) is 5.11 Å². The van der Waals surface area contributed by atoms with E-state index in [9.17, 15) is 4.21 Å². The molecule has 1 aromatic heterocycles. The lowest BCUT2D eigenvalue weighted by Gasteiger charge is -1.98. The quantitative estimate of drug-likeness (QED) is 0.772. The summed E-state index contributed by atoms with van der Waals surface area (Å²) in [5.74, 6) is 0. The zero-order valence-electron chi connectivity index (χ0n) is 7.60. The van der Waals surface area contributed by atoms with Crippen LogP contribution in [0.25, 0.3) is 0 Å². The molecule has 0 atom stereocenters. The van der Waals surface area contributed by atoms with Gasteiger partial charge in [-0.25, -0.2) is 4.21 Å². The van der Waals surface area contributed by atoms with Crippen molar-refractivity contribution >= 4 is 15.4 Å². The normalized spacial score (nSPS) is 11.3. The summed E-state index contributed by atoms with van der Waals surface area (Å²) in [6.45, 7) is -0.0784. The van der Waals surface area contributed by atoms with E-state index in [2.05, 4.69) is 9.35 Å². The van der Waals surface area contributed by atoms with Crippen molar-refractivity contribution in [3.63, 3.8) is 0 Å². The highest BCUT2D eigenvalue weighted by Crippen LogP contribution is 2.13. The molecule has 0 bridgehead atoms. The van der Waals surface area contributed by atoms with Crippen LogP contribution in [0.4, 0.5) is 5.69 Å². The maximum atomic E-state index is 11.3. The first-order valence-corrected chi connectivity index (χ1v) is 6.06. The predicted octanol–water partition coefficient (Wildman–Crippen LogP) is 0.933. The summed E-state index contributed by atoms with van der Waals surface area (Å²) in [5.41, 5.74) is 1.21. The largest absolute Gasteiger partial charge is 0.392 e. The predicted molar refractivity (Wildman–Crippen MR) is 52.2 cm³/mol. The van der Waals surface area contributed by atoms with Crippen molar-refractivity contribution in [3.05, 3.63) is 24.0 Å². The van der Waals surface area contributed by atoms with Crippen molar-refractivity contribution in [2.45, 2.75) is 6.61 Å². The maximum Gasteiger partial charge on any atom is 0.0916 e. The summed E-state index contributed by atoms with van der Waals surface area (Å²) >= 11 is 0. The zero-order chi connectivity index (χ0) is 9.90. The molecule has 1 heterocycles. The molecule has 0 fully saturated rings. The van der Waals surface area contributed by atoms with E-state index in [0.29, 0.717) is 11.3 Å². The van der Waals surface area contributed by atoms with Gasteiger partial charge in [0.25, 0.3) is 0 Å². The monoisotopic (exact) mass is 200 g/mol. The molecule has 1 N–H and O–H groups in total. The van der Waals surface area contributed by atoms with Gasteiger partial charge in [-0.05, 0) is 11.6 Å². The van der Waals surface area contributed by atoms with Crippen LogP contribution >= 0.6 is 0 Å². The topological polar surface area (TPSA) is 62.5 Å². The molecule has 72 valence electrons. The van der Waals surface area contributed by atoms with E-state index in [1.54, 1.807) is 24.8 Å². The van der Waals surface area contributed by atoms with Crippen LogP contribution in [0.1, 0.15) is 5.56 Å². The summed E-state index contributed by atoms with van der Waals surface area (Å²) in [6, 6.07) is 1.67. The molecule has 0 amide bonds. The van der Waals surface area contributed by atoms with Crippen molar-refractivity contribution in [3.8, 4) is 0 Å². The fraction of sp³-hybridized carbons (Fsp3) is 0.375. The number of aliphatic hydroxyl groups excluding tert-OH is 1. The summed E-state index contributed by atoms with van der Waals surface area (Å²) in [6.07, 6.45) is 6.18. The third-order valence-electron chi connectivity index (χ3n) is 1.29. The van der Waals surface area contributed by atoms with E-state index >= 15 is 0 Å². The third-order valence-corrected chi connectivity index (χ3v) is 1.94. The summed E-state index contributed by atoms with van der Waals surface area (Å²) in [5, 5.41) is 8.81. The number of hydrogen-bond donors (Lipinski definition) is 1. The molecule has 0 radical (unpaired) electrons. The Balaban J connectivity index is 3.11. The highest BCUT2D eigenvalue weighted by atomic mass is 32.2. The van der Waals surface area contributed by atoms with Crippen molar-refractivity contribution in [1.82, 2.24) is 4.98 Å². The van der Waals surface area contributed by atoms with E-state index in [1.165, 1.54) is 6.20 Å². The van der Waals surface area contributed by atoms with Crippen molar-refractivity contribution in [2.24, 2.45) is 4.36 Å². The highest BCUT2D eigenvalue weighted by molar-refractivity contribution is 7.92. The molecule has 13 heavy (non-hydrogen) atoms. The lowest BCUT2D eigenvalue weighted by Crippen LogP contribution is -1.90. The third kappa shape index (κ3) is 3.52. The first-order valence-electron chi connectivity index (χ1n) is 3.73. The molecule has 1 aromatic rings. The molecule has 0 aliphatic rings. The minimum atomic E-state index is -2.15. The van der Waals surface area contributed by atoms with Gasteiger partial charge in [-0.15, -0.1) is 0 Å². The maximum absolute atomic E-state index is 11.3. The van der Waals surface area contributed by atoms with Crippen molar-refractivity contribution in [1.29, 1.82) is 0 Å². The van der Waals surface area contributed by atoms with Crippen LogP contribution in [0.2, 0.25) is 0 Å². The molecule has 0 saturated heterocycles. The van der Waals surface area contributed by atoms with Crippen LogP contribution in [0.5, 0.6) is 0 Å². The van der Waals surface area contributed by atoms with Crippen molar-refractivity contribution in [2.75, 3.05) is 12.5 Å². The number of nitrogens with zero attached hydrogens (tertiary/aromatic N) is 2. The average Bonchev–Trinajstić information content (AvgIpc) is 2.01. The fourth-order valence-electron chi connectivity index (χ4n) is 0.864. The van der Waals surface area contributed by atoms with E-state index in [0.717, 1.165) is 0 Å². The first kappa shape index (κ1) is 10.1. The van der Waals surface area contributed by atoms with E-state index in [-0.39, 0.29) is 6.61 Å². The van der Waals surface area contributed by atoms with Crippen molar-refractivity contribution < 1.29 is 9.32 Å². The van der Waals surface area contributed by atoms with Crippen LogP contribution in [0.3, 0.4) is 0 Å². The molecule has 0 aliphatic carbocycles. The minimum absolute atomic E-state index is 0.0784. The van der Waals surface area contributed by atoms with Gasteiger partial charge in [0.15, 0.2) is 0 Å². The van der Waals surface area contributed by atoms with Gasteiger partial charge in [-0.1, -0.05) is 0 Å². The minimum Gasteiger partial charge on any atom is -0.392 e. The lowest BCUT2D eigenvalue weighted by molar-refractivity contribution is 0.281. The molecule has 1 rings (SSSR count). The Kier molecular flexibility index (Phi) is 3.00. The van der Waals surface area contributed by atoms with Crippen LogP contribution in [0.15, 0.2) is 22.8 Å². The summed E-state index contributed by atoms with van der Waals surface area (Å²) in [7, 11) is -2.15. The summed E-state index contributed by atoms with van der Waals surface area (Å²) < 4.78 is 15.3. The number of pyridine rings is 1. The summed E-state index contributed by atoms with van der Waals surface area (Å²) in [4.78, 5) is 3.86. The van der Waals surface area contributed by atoms with Gasteiger partial charge in [0.1, 0.15) is 0 Å². The van der Waals surface area contributed by atoms with Gasteiger partial charge in [0.05, 0.1) is 18.5 Å². The van der Waals surface area contributed by atoms with E-state index in [1.807, 2.05) is 0 Å². The molecular formula is C8H12N2O2S. The zero-order valence-corrected chi connectivity index (χ0v) is 8.41.